The van der Waals surface area contributed by atoms with Crippen molar-refractivity contribution < 1.29 is 9.53 Å². The van der Waals surface area contributed by atoms with Crippen LogP contribution < -0.4 is 5.32 Å². The Balaban J connectivity index is 2.01. The van der Waals surface area contributed by atoms with E-state index in [1.807, 2.05) is 24.3 Å². The van der Waals surface area contributed by atoms with E-state index in [9.17, 15) is 4.79 Å². The molecule has 1 saturated heterocycles. The molecule has 116 valence electrons. The van der Waals surface area contributed by atoms with Crippen molar-refractivity contribution >= 4 is 17.6 Å². The number of esters is 1. The first-order valence-corrected chi connectivity index (χ1v) is 7.81. The minimum atomic E-state index is -0.374. The van der Waals surface area contributed by atoms with Gasteiger partial charge in [-0.15, -0.1) is 0 Å². The van der Waals surface area contributed by atoms with Gasteiger partial charge in [0.2, 0.25) is 0 Å². The number of allylic oxidation sites excluding steroid dienone is 2. The van der Waals surface area contributed by atoms with Crippen LogP contribution in [0.25, 0.3) is 0 Å². The van der Waals surface area contributed by atoms with Gasteiger partial charge in [-0.25, -0.2) is 0 Å². The van der Waals surface area contributed by atoms with Crippen LogP contribution in [0.2, 0.25) is 5.02 Å². The van der Waals surface area contributed by atoms with Gasteiger partial charge in [0.1, 0.15) is 6.04 Å². The summed E-state index contributed by atoms with van der Waals surface area (Å²) in [6, 6.07) is 7.45. The van der Waals surface area contributed by atoms with E-state index >= 15 is 0 Å². The van der Waals surface area contributed by atoms with Gasteiger partial charge in [-0.3, -0.25) is 10.1 Å². The first-order chi connectivity index (χ1) is 10.4. The predicted molar refractivity (Wildman–Crippen MR) is 87.6 cm³/mol. The van der Waals surface area contributed by atoms with E-state index < -0.39 is 0 Å². The first kappa shape index (κ1) is 15.3. The highest BCUT2D eigenvalue weighted by molar-refractivity contribution is 6.30. The summed E-state index contributed by atoms with van der Waals surface area (Å²) in [7, 11) is 1.44. The Labute approximate surface area is 136 Å². The Kier molecular flexibility index (Phi) is 3.87. The predicted octanol–water partition coefficient (Wildman–Crippen LogP) is 3.66. The van der Waals surface area contributed by atoms with Crippen LogP contribution in [0.15, 0.2) is 48.1 Å². The summed E-state index contributed by atoms with van der Waals surface area (Å²) in [5.41, 5.74) is 2.10. The SMILES string of the molecule is COC(=O)[C@@H]1N[C@H](c2ccc(Cl)cc2)[C@H]2C=CC=C2C1(C)C. The zero-order valence-corrected chi connectivity index (χ0v) is 13.7. The smallest absolute Gasteiger partial charge is 0.323 e. The molecular formula is C18H20ClNO2. The number of carbonyl (C=O) groups is 1. The first-order valence-electron chi connectivity index (χ1n) is 7.43. The van der Waals surface area contributed by atoms with E-state index in [1.165, 1.54) is 12.7 Å². The number of benzene rings is 1. The molecule has 3 rings (SSSR count). The van der Waals surface area contributed by atoms with E-state index in [-0.39, 0.29) is 29.4 Å². The highest BCUT2D eigenvalue weighted by atomic mass is 35.5. The van der Waals surface area contributed by atoms with Gasteiger partial charge in [-0.05, 0) is 17.7 Å². The third kappa shape index (κ3) is 2.38. The van der Waals surface area contributed by atoms with Crippen LogP contribution in [-0.2, 0) is 9.53 Å². The topological polar surface area (TPSA) is 38.3 Å². The van der Waals surface area contributed by atoms with Crippen molar-refractivity contribution in [3.05, 3.63) is 58.7 Å². The number of nitrogens with one attached hydrogen (secondary N) is 1. The van der Waals surface area contributed by atoms with Crippen molar-refractivity contribution in [1.82, 2.24) is 5.32 Å². The molecule has 0 saturated carbocycles. The van der Waals surface area contributed by atoms with Crippen molar-refractivity contribution in [3.8, 4) is 0 Å². The third-order valence-corrected chi connectivity index (χ3v) is 5.04. The van der Waals surface area contributed by atoms with Gasteiger partial charge < -0.3 is 4.74 Å². The lowest BCUT2D eigenvalue weighted by Crippen LogP contribution is -2.56. The molecule has 0 radical (unpaired) electrons. The second kappa shape index (κ2) is 5.56. The fourth-order valence-electron chi connectivity index (χ4n) is 3.54. The molecular weight excluding hydrogens is 298 g/mol. The lowest BCUT2D eigenvalue weighted by molar-refractivity contribution is -0.147. The van der Waals surface area contributed by atoms with Crippen LogP contribution in [0, 0.1) is 11.3 Å². The fourth-order valence-corrected chi connectivity index (χ4v) is 3.67. The Morgan fingerprint density at radius 3 is 2.59 bits per heavy atom. The molecule has 1 aromatic rings. The van der Waals surface area contributed by atoms with Gasteiger partial charge in [0.05, 0.1) is 7.11 Å². The second-order valence-electron chi connectivity index (χ2n) is 6.41. The molecule has 2 aliphatic rings. The van der Waals surface area contributed by atoms with Crippen molar-refractivity contribution in [2.75, 3.05) is 7.11 Å². The zero-order valence-electron chi connectivity index (χ0n) is 13.0. The summed E-state index contributed by atoms with van der Waals surface area (Å²) >= 11 is 5.99. The normalized spacial score (nSPS) is 28.9. The van der Waals surface area contributed by atoms with Gasteiger partial charge in [0, 0.05) is 22.4 Å². The molecule has 0 aromatic heterocycles. The standard InChI is InChI=1S/C18H20ClNO2/c1-18(2)14-6-4-5-13(14)15(20-16(18)17(21)22-3)11-7-9-12(19)10-8-11/h4-10,13,15-16,20H,1-3H3/t13-,15+,16-/m0/s1. The number of ether oxygens (including phenoxy) is 1. The molecule has 0 bridgehead atoms. The zero-order chi connectivity index (χ0) is 15.9. The molecule has 1 aliphatic heterocycles. The summed E-state index contributed by atoms with van der Waals surface area (Å²) in [5.74, 6) is 0.0206. The average molecular weight is 318 g/mol. The monoisotopic (exact) mass is 317 g/mol. The van der Waals surface area contributed by atoms with Crippen molar-refractivity contribution in [2.45, 2.75) is 25.9 Å². The van der Waals surface area contributed by atoms with E-state index in [0.29, 0.717) is 5.02 Å². The Morgan fingerprint density at radius 1 is 1.27 bits per heavy atom. The summed E-state index contributed by atoms with van der Waals surface area (Å²) < 4.78 is 5.01. The molecule has 1 fully saturated rings. The number of halogens is 1. The van der Waals surface area contributed by atoms with Crippen molar-refractivity contribution in [2.24, 2.45) is 11.3 Å². The molecule has 4 heteroatoms. The lowest BCUT2D eigenvalue weighted by atomic mass is 9.66. The van der Waals surface area contributed by atoms with Crippen LogP contribution in [0.3, 0.4) is 0 Å². The van der Waals surface area contributed by atoms with Crippen LogP contribution in [0.4, 0.5) is 0 Å². The van der Waals surface area contributed by atoms with Crippen molar-refractivity contribution in [3.63, 3.8) is 0 Å². The number of carbonyl (C=O) groups excluding carboxylic acids is 1. The van der Waals surface area contributed by atoms with E-state index in [0.717, 1.165) is 5.56 Å². The Hall–Kier alpha value is -1.58. The fraction of sp³-hybridized carbons (Fsp3) is 0.389. The molecule has 1 heterocycles. The number of piperidine rings is 1. The quantitative estimate of drug-likeness (QED) is 0.846. The number of hydrogen-bond acceptors (Lipinski definition) is 3. The number of methoxy groups -OCH3 is 1. The highest BCUT2D eigenvalue weighted by Gasteiger charge is 2.49. The van der Waals surface area contributed by atoms with Crippen molar-refractivity contribution in [1.29, 1.82) is 0 Å². The maximum absolute atomic E-state index is 12.2. The average Bonchev–Trinajstić information content (AvgIpc) is 2.99. The van der Waals surface area contributed by atoms with Crippen LogP contribution >= 0.6 is 11.6 Å². The molecule has 1 aliphatic carbocycles. The molecule has 22 heavy (non-hydrogen) atoms. The lowest BCUT2D eigenvalue weighted by Gasteiger charge is -2.46. The van der Waals surface area contributed by atoms with E-state index in [4.69, 9.17) is 16.3 Å². The largest absolute Gasteiger partial charge is 0.468 e. The summed E-state index contributed by atoms with van der Waals surface area (Å²) in [4.78, 5) is 12.2. The summed E-state index contributed by atoms with van der Waals surface area (Å²) in [6.07, 6.45) is 6.40. The summed E-state index contributed by atoms with van der Waals surface area (Å²) in [5, 5.41) is 4.20. The van der Waals surface area contributed by atoms with Crippen LogP contribution in [0.5, 0.6) is 0 Å². The molecule has 0 spiro atoms. The number of fused-ring (bicyclic) bond motifs is 1. The third-order valence-electron chi connectivity index (χ3n) is 4.79. The second-order valence-corrected chi connectivity index (χ2v) is 6.84. The number of rotatable bonds is 2. The van der Waals surface area contributed by atoms with Gasteiger partial charge in [0.25, 0.3) is 0 Å². The minimum absolute atomic E-state index is 0.0411. The molecule has 0 unspecified atom stereocenters. The minimum Gasteiger partial charge on any atom is -0.468 e. The Bertz CT molecular complexity index is 646. The molecule has 1 aromatic carbocycles. The molecule has 3 nitrogen and oxygen atoms in total. The van der Waals surface area contributed by atoms with Crippen LogP contribution in [-0.4, -0.2) is 19.1 Å². The van der Waals surface area contributed by atoms with Crippen LogP contribution in [0.1, 0.15) is 25.5 Å². The summed E-state index contributed by atoms with van der Waals surface area (Å²) in [6.45, 7) is 4.18. The van der Waals surface area contributed by atoms with Gasteiger partial charge in [-0.2, -0.15) is 0 Å². The van der Waals surface area contributed by atoms with E-state index in [1.54, 1.807) is 0 Å². The molecule has 1 N–H and O–H groups in total. The maximum atomic E-state index is 12.2. The van der Waals surface area contributed by atoms with E-state index in [2.05, 4.69) is 37.4 Å². The highest BCUT2D eigenvalue weighted by Crippen LogP contribution is 2.48. The van der Waals surface area contributed by atoms with Gasteiger partial charge in [-0.1, -0.05) is 61.4 Å². The maximum Gasteiger partial charge on any atom is 0.323 e. The van der Waals surface area contributed by atoms with Gasteiger partial charge in [0.15, 0.2) is 0 Å². The number of hydrogen-bond donors (Lipinski definition) is 1. The molecule has 3 atom stereocenters. The van der Waals surface area contributed by atoms with Gasteiger partial charge >= 0.3 is 5.97 Å². The Morgan fingerprint density at radius 2 is 1.95 bits per heavy atom. The molecule has 0 amide bonds.